The van der Waals surface area contributed by atoms with Crippen LogP contribution in [0.4, 0.5) is 0 Å². The van der Waals surface area contributed by atoms with Gasteiger partial charge in [0.2, 0.25) is 0 Å². The van der Waals surface area contributed by atoms with Gasteiger partial charge in [0.05, 0.1) is 17.2 Å². The minimum Gasteiger partial charge on any atom is -0.490 e. The van der Waals surface area contributed by atoms with Gasteiger partial charge in [0.1, 0.15) is 12.4 Å². The van der Waals surface area contributed by atoms with Gasteiger partial charge in [-0.25, -0.2) is 4.21 Å². The zero-order valence-electron chi connectivity index (χ0n) is 7.32. The lowest BCUT2D eigenvalue weighted by Crippen LogP contribution is -2.13. The molecule has 1 aliphatic heterocycles. The number of rotatable bonds is 2. The van der Waals surface area contributed by atoms with Crippen molar-refractivity contribution in [2.24, 2.45) is 4.99 Å². The molecule has 0 saturated carbocycles. The van der Waals surface area contributed by atoms with E-state index in [1.807, 2.05) is 0 Å². The lowest BCUT2D eigenvalue weighted by atomic mass is 10.3. The Bertz CT molecular complexity index is 307. The van der Waals surface area contributed by atoms with E-state index < -0.39 is 11.1 Å². The number of hydrogen-bond acceptors (Lipinski definition) is 3. The van der Waals surface area contributed by atoms with Crippen LogP contribution in [-0.2, 0) is 15.8 Å². The highest BCUT2D eigenvalue weighted by molar-refractivity contribution is 7.83. The Morgan fingerprint density at radius 1 is 1.85 bits per heavy atom. The molecular weight excluding hydrogens is 190 g/mol. The first kappa shape index (κ1) is 10.1. The van der Waals surface area contributed by atoms with E-state index in [1.165, 1.54) is 6.08 Å². The van der Waals surface area contributed by atoms with E-state index in [4.69, 9.17) is 9.29 Å². The summed E-state index contributed by atoms with van der Waals surface area (Å²) in [7, 11) is 0. The highest BCUT2D eigenvalue weighted by Crippen LogP contribution is 2.10. The molecule has 0 saturated heterocycles. The van der Waals surface area contributed by atoms with Crippen LogP contribution in [-0.4, -0.2) is 27.6 Å². The number of nitrogens with zero attached hydrogens (tertiary/aromatic N) is 1. The van der Waals surface area contributed by atoms with Gasteiger partial charge in [-0.05, 0) is 13.0 Å². The Hall–Kier alpha value is -0.940. The van der Waals surface area contributed by atoms with E-state index in [9.17, 15) is 4.21 Å². The van der Waals surface area contributed by atoms with E-state index in [0.717, 1.165) is 5.71 Å². The molecule has 1 atom stereocenters. The van der Waals surface area contributed by atoms with Crippen LogP contribution in [0.3, 0.4) is 0 Å². The maximum atomic E-state index is 10.6. The van der Waals surface area contributed by atoms with Crippen molar-refractivity contribution in [3.8, 4) is 0 Å². The molecule has 72 valence electrons. The molecular formula is C8H11NO3S. The molecule has 1 unspecified atom stereocenters. The third-order valence-corrected chi connectivity index (χ3v) is 2.14. The van der Waals surface area contributed by atoms with Crippen molar-refractivity contribution < 1.29 is 13.5 Å². The fraction of sp³-hybridized carbons (Fsp3) is 0.375. The molecule has 1 rings (SSSR count). The monoisotopic (exact) mass is 201 g/mol. The van der Waals surface area contributed by atoms with Crippen LogP contribution in [0.1, 0.15) is 6.92 Å². The largest absolute Gasteiger partial charge is 0.490 e. The summed E-state index contributed by atoms with van der Waals surface area (Å²) in [5.74, 6) is 0.527. The van der Waals surface area contributed by atoms with Gasteiger partial charge in [0, 0.05) is 0 Å². The second kappa shape index (κ2) is 4.34. The van der Waals surface area contributed by atoms with Crippen LogP contribution in [0, 0.1) is 0 Å². The molecule has 0 aromatic carbocycles. The van der Waals surface area contributed by atoms with Gasteiger partial charge in [-0.15, -0.1) is 0 Å². The maximum absolute atomic E-state index is 10.6. The fourth-order valence-electron chi connectivity index (χ4n) is 0.894. The summed E-state index contributed by atoms with van der Waals surface area (Å²) in [6.45, 7) is 6.36. The predicted molar refractivity (Wildman–Crippen MR) is 51.9 cm³/mol. The molecule has 1 N–H and O–H groups in total. The first-order valence-corrected chi connectivity index (χ1v) is 4.87. The summed E-state index contributed by atoms with van der Waals surface area (Å²) in [4.78, 5) is 4.24. The lowest BCUT2D eigenvalue weighted by Gasteiger charge is -2.14. The van der Waals surface area contributed by atoms with Gasteiger partial charge >= 0.3 is 0 Å². The van der Waals surface area contributed by atoms with Gasteiger partial charge in [-0.3, -0.25) is 4.99 Å². The zero-order chi connectivity index (χ0) is 9.84. The summed E-state index contributed by atoms with van der Waals surface area (Å²) in [6.07, 6.45) is 1.44. The minimum absolute atomic E-state index is 0.117. The number of aliphatic imine (C=N–C) groups is 1. The number of hydrogen-bond donors (Lipinski definition) is 1. The van der Waals surface area contributed by atoms with E-state index in [-0.39, 0.29) is 4.91 Å². The van der Waals surface area contributed by atoms with Gasteiger partial charge in [-0.2, -0.15) is 0 Å². The molecule has 0 aromatic rings. The van der Waals surface area contributed by atoms with Crippen LogP contribution < -0.4 is 0 Å². The molecule has 0 amide bonds. The second-order valence-electron chi connectivity index (χ2n) is 2.54. The first-order valence-electron chi connectivity index (χ1n) is 3.77. The van der Waals surface area contributed by atoms with Crippen molar-refractivity contribution >= 4 is 16.8 Å². The quantitative estimate of drug-likeness (QED) is 0.680. The van der Waals surface area contributed by atoms with Gasteiger partial charge in [-0.1, -0.05) is 6.58 Å². The molecule has 0 aromatic heterocycles. The van der Waals surface area contributed by atoms with Crippen molar-refractivity contribution in [3.05, 3.63) is 23.3 Å². The Balaban J connectivity index is 2.81. The molecule has 4 nitrogen and oxygen atoms in total. The number of allylic oxidation sites excluding steroid dienone is 2. The van der Waals surface area contributed by atoms with E-state index >= 15 is 0 Å². The molecule has 5 heteroatoms. The first-order chi connectivity index (χ1) is 6.11. The van der Waals surface area contributed by atoms with Crippen molar-refractivity contribution in [1.82, 2.24) is 0 Å². The van der Waals surface area contributed by atoms with Crippen molar-refractivity contribution in [1.29, 1.82) is 0 Å². The molecule has 13 heavy (non-hydrogen) atoms. The van der Waals surface area contributed by atoms with Crippen molar-refractivity contribution in [3.63, 3.8) is 0 Å². The third kappa shape index (κ3) is 2.78. The summed E-state index contributed by atoms with van der Waals surface area (Å²) in [5.41, 5.74) is 0.734. The van der Waals surface area contributed by atoms with Gasteiger partial charge in [0.15, 0.2) is 11.1 Å². The Morgan fingerprint density at radius 3 is 3.08 bits per heavy atom. The smallest absolute Gasteiger partial charge is 0.186 e. The summed E-state index contributed by atoms with van der Waals surface area (Å²) >= 11 is -2.03. The van der Waals surface area contributed by atoms with Crippen LogP contribution in [0.15, 0.2) is 28.3 Å². The molecule has 0 aliphatic carbocycles. The van der Waals surface area contributed by atoms with E-state index in [1.54, 1.807) is 6.92 Å². The van der Waals surface area contributed by atoms with Crippen molar-refractivity contribution in [2.75, 3.05) is 13.2 Å². The highest BCUT2D eigenvalue weighted by Gasteiger charge is 2.09. The van der Waals surface area contributed by atoms with Crippen LogP contribution in [0.5, 0.6) is 0 Å². The average Bonchev–Trinajstić information content (AvgIpc) is 2.08. The van der Waals surface area contributed by atoms with Gasteiger partial charge < -0.3 is 9.29 Å². The molecule has 1 heterocycles. The average molecular weight is 201 g/mol. The SMILES string of the molecule is C=C(/C=C1/OCCN=C1C)S(=O)O. The lowest BCUT2D eigenvalue weighted by molar-refractivity contribution is 0.231. The molecule has 0 bridgehead atoms. The van der Waals surface area contributed by atoms with Crippen LogP contribution in [0.25, 0.3) is 0 Å². The topological polar surface area (TPSA) is 58.9 Å². The Kier molecular flexibility index (Phi) is 3.39. The molecule has 0 radical (unpaired) electrons. The van der Waals surface area contributed by atoms with Crippen molar-refractivity contribution in [2.45, 2.75) is 6.92 Å². The fourth-order valence-corrected chi connectivity index (χ4v) is 1.10. The molecule has 1 aliphatic rings. The van der Waals surface area contributed by atoms with Crippen LogP contribution >= 0.6 is 0 Å². The predicted octanol–water partition coefficient (Wildman–Crippen LogP) is 1.10. The van der Waals surface area contributed by atoms with E-state index in [2.05, 4.69) is 11.6 Å². The third-order valence-electron chi connectivity index (χ3n) is 1.57. The van der Waals surface area contributed by atoms with E-state index in [0.29, 0.717) is 18.9 Å². The minimum atomic E-state index is -2.03. The normalized spacial score (nSPS) is 22.0. The number of ether oxygens (including phenoxy) is 1. The highest BCUT2D eigenvalue weighted by atomic mass is 32.2. The summed E-state index contributed by atoms with van der Waals surface area (Å²) < 4.78 is 24.5. The summed E-state index contributed by atoms with van der Waals surface area (Å²) in [5, 5.41) is 0. The summed E-state index contributed by atoms with van der Waals surface area (Å²) in [6, 6.07) is 0. The zero-order valence-corrected chi connectivity index (χ0v) is 8.13. The maximum Gasteiger partial charge on any atom is 0.186 e. The standard InChI is InChI=1S/C8H11NO3S/c1-6(13(10)11)5-8-7(2)9-3-4-12-8/h5H,1,3-4H2,2H3,(H,10,11)/b8-5+. The van der Waals surface area contributed by atoms with Crippen LogP contribution in [0.2, 0.25) is 0 Å². The van der Waals surface area contributed by atoms with Gasteiger partial charge in [0.25, 0.3) is 0 Å². The Morgan fingerprint density at radius 2 is 2.54 bits per heavy atom. The molecule has 0 spiro atoms. The molecule has 0 fully saturated rings. The second-order valence-corrected chi connectivity index (χ2v) is 3.56. The Labute approximate surface area is 79.3 Å².